The van der Waals surface area contributed by atoms with Gasteiger partial charge in [0.05, 0.1) is 0 Å². The molecule has 0 saturated heterocycles. The summed E-state index contributed by atoms with van der Waals surface area (Å²) in [6.45, 7) is 11.1. The molecule has 0 aliphatic carbocycles. The van der Waals surface area contributed by atoms with Gasteiger partial charge in [-0.1, -0.05) is 32.9 Å². The van der Waals surface area contributed by atoms with E-state index in [4.69, 9.17) is 4.74 Å². The Morgan fingerprint density at radius 1 is 1.06 bits per heavy atom. The van der Waals surface area contributed by atoms with Crippen LogP contribution in [0.15, 0.2) is 12.1 Å². The smallest absolute Gasteiger partial charge is 0.136 e. The highest BCUT2D eigenvalue weighted by Crippen LogP contribution is 2.31. The van der Waals surface area contributed by atoms with Crippen molar-refractivity contribution in [3.8, 4) is 0 Å². The fourth-order valence-corrected chi connectivity index (χ4v) is 2.38. The number of nitrogens with zero attached hydrogens (tertiary/aromatic N) is 1. The van der Waals surface area contributed by atoms with Crippen LogP contribution in [0.1, 0.15) is 49.3 Å². The molecular weight excluding hydrogens is 222 g/mol. The number of methoxy groups -OCH3 is 1. The quantitative estimate of drug-likeness (QED) is 0.755. The predicted octanol–water partition coefficient (Wildman–Crippen LogP) is 3.81. The van der Waals surface area contributed by atoms with Gasteiger partial charge in [0.2, 0.25) is 0 Å². The third-order valence-electron chi connectivity index (χ3n) is 3.40. The van der Waals surface area contributed by atoms with E-state index >= 15 is 0 Å². The minimum atomic E-state index is 0.0269. The van der Waals surface area contributed by atoms with Crippen molar-refractivity contribution >= 4 is 0 Å². The molecule has 0 aromatic heterocycles. The zero-order valence-corrected chi connectivity index (χ0v) is 13.1. The van der Waals surface area contributed by atoms with Crippen molar-refractivity contribution in [3.63, 3.8) is 0 Å². The first kappa shape index (κ1) is 15.2. The molecule has 0 bridgehead atoms. The molecule has 0 heterocycles. The number of ether oxygens (including phenoxy) is 1. The van der Waals surface area contributed by atoms with Crippen LogP contribution in [0, 0.1) is 13.8 Å². The summed E-state index contributed by atoms with van der Waals surface area (Å²) >= 11 is 0. The fourth-order valence-electron chi connectivity index (χ4n) is 2.38. The number of hydrogen-bond donors (Lipinski definition) is 0. The summed E-state index contributed by atoms with van der Waals surface area (Å²) in [5, 5.41) is 0. The Hall–Kier alpha value is -0.860. The molecule has 18 heavy (non-hydrogen) atoms. The van der Waals surface area contributed by atoms with Gasteiger partial charge in [0.1, 0.15) is 6.23 Å². The van der Waals surface area contributed by atoms with Crippen molar-refractivity contribution in [2.24, 2.45) is 0 Å². The standard InChI is InChI=1S/C16H27NO/c1-11-9-13(16(3,4)5)10-12(2)14(11)15(18-8)17(6)7/h9-10,15H,1-8H3. The summed E-state index contributed by atoms with van der Waals surface area (Å²) in [6, 6.07) is 4.58. The fraction of sp³-hybridized carbons (Fsp3) is 0.625. The molecule has 1 rings (SSSR count). The number of benzene rings is 1. The highest BCUT2D eigenvalue weighted by atomic mass is 16.5. The summed E-state index contributed by atoms with van der Waals surface area (Å²) in [7, 11) is 5.86. The lowest BCUT2D eigenvalue weighted by atomic mass is 9.83. The molecular formula is C16H27NO. The van der Waals surface area contributed by atoms with Crippen molar-refractivity contribution in [2.75, 3.05) is 21.2 Å². The Bertz CT molecular complexity index is 393. The first-order valence-electron chi connectivity index (χ1n) is 6.49. The summed E-state index contributed by atoms with van der Waals surface area (Å²) in [5.41, 5.74) is 5.47. The molecule has 2 heteroatoms. The first-order valence-corrected chi connectivity index (χ1v) is 6.49. The number of aryl methyl sites for hydroxylation is 2. The highest BCUT2D eigenvalue weighted by Gasteiger charge is 2.21. The molecule has 0 N–H and O–H groups in total. The van der Waals surface area contributed by atoms with Crippen molar-refractivity contribution in [3.05, 3.63) is 34.4 Å². The molecule has 1 atom stereocenters. The minimum absolute atomic E-state index is 0.0269. The van der Waals surface area contributed by atoms with Gasteiger partial charge < -0.3 is 4.74 Å². The van der Waals surface area contributed by atoms with Crippen LogP contribution in [-0.2, 0) is 10.2 Å². The van der Waals surface area contributed by atoms with Gasteiger partial charge in [0.25, 0.3) is 0 Å². The molecule has 0 saturated carbocycles. The Balaban J connectivity index is 3.32. The van der Waals surface area contributed by atoms with Crippen LogP contribution < -0.4 is 0 Å². The molecule has 0 aliphatic rings. The maximum Gasteiger partial charge on any atom is 0.136 e. The van der Waals surface area contributed by atoms with Gasteiger partial charge >= 0.3 is 0 Å². The average Bonchev–Trinajstić information content (AvgIpc) is 2.20. The van der Waals surface area contributed by atoms with E-state index in [-0.39, 0.29) is 11.6 Å². The molecule has 1 aromatic carbocycles. The van der Waals surface area contributed by atoms with Crippen molar-refractivity contribution in [1.29, 1.82) is 0 Å². The molecule has 0 aliphatic heterocycles. The van der Waals surface area contributed by atoms with E-state index in [0.717, 1.165) is 0 Å². The molecule has 0 radical (unpaired) electrons. The monoisotopic (exact) mass is 249 g/mol. The summed E-state index contributed by atoms with van der Waals surface area (Å²) < 4.78 is 5.61. The van der Waals surface area contributed by atoms with Gasteiger partial charge in [-0.2, -0.15) is 0 Å². The normalized spacial score (nSPS) is 14.1. The van der Waals surface area contributed by atoms with E-state index in [9.17, 15) is 0 Å². The van der Waals surface area contributed by atoms with E-state index in [2.05, 4.69) is 51.7 Å². The van der Waals surface area contributed by atoms with Gasteiger partial charge in [-0.3, -0.25) is 4.90 Å². The summed E-state index contributed by atoms with van der Waals surface area (Å²) in [5.74, 6) is 0. The van der Waals surface area contributed by atoms with Crippen LogP contribution in [0.4, 0.5) is 0 Å². The van der Waals surface area contributed by atoms with Crippen molar-refractivity contribution in [2.45, 2.75) is 46.3 Å². The second-order valence-corrected chi connectivity index (χ2v) is 6.33. The molecule has 2 nitrogen and oxygen atoms in total. The Morgan fingerprint density at radius 2 is 1.50 bits per heavy atom. The lowest BCUT2D eigenvalue weighted by Gasteiger charge is -2.28. The predicted molar refractivity (Wildman–Crippen MR) is 78.1 cm³/mol. The molecule has 1 unspecified atom stereocenters. The van der Waals surface area contributed by atoms with E-state index in [1.165, 1.54) is 22.3 Å². The Kier molecular flexibility index (Phi) is 4.57. The van der Waals surface area contributed by atoms with Crippen LogP contribution in [0.2, 0.25) is 0 Å². The largest absolute Gasteiger partial charge is 0.362 e. The highest BCUT2D eigenvalue weighted by molar-refractivity contribution is 5.41. The lowest BCUT2D eigenvalue weighted by molar-refractivity contribution is -0.00631. The molecule has 0 spiro atoms. The van der Waals surface area contributed by atoms with Crippen LogP contribution in [0.3, 0.4) is 0 Å². The zero-order valence-electron chi connectivity index (χ0n) is 13.1. The zero-order chi connectivity index (χ0) is 14.1. The maximum atomic E-state index is 5.61. The molecule has 1 aromatic rings. The summed E-state index contributed by atoms with van der Waals surface area (Å²) in [4.78, 5) is 2.10. The van der Waals surface area contributed by atoms with Gasteiger partial charge in [-0.25, -0.2) is 0 Å². The van der Waals surface area contributed by atoms with Crippen LogP contribution in [-0.4, -0.2) is 26.1 Å². The van der Waals surface area contributed by atoms with E-state index in [0.29, 0.717) is 0 Å². The average molecular weight is 249 g/mol. The Morgan fingerprint density at radius 3 is 1.78 bits per heavy atom. The van der Waals surface area contributed by atoms with Gasteiger partial charge in [0.15, 0.2) is 0 Å². The number of rotatable bonds is 3. The second-order valence-electron chi connectivity index (χ2n) is 6.33. The van der Waals surface area contributed by atoms with Gasteiger partial charge in [-0.15, -0.1) is 0 Å². The van der Waals surface area contributed by atoms with Crippen molar-refractivity contribution in [1.82, 2.24) is 4.90 Å². The Labute approximate surface area is 112 Å². The van der Waals surface area contributed by atoms with E-state index in [1.54, 1.807) is 7.11 Å². The van der Waals surface area contributed by atoms with E-state index < -0.39 is 0 Å². The van der Waals surface area contributed by atoms with Crippen LogP contribution in [0.25, 0.3) is 0 Å². The molecule has 0 fully saturated rings. The topological polar surface area (TPSA) is 12.5 Å². The minimum Gasteiger partial charge on any atom is -0.362 e. The van der Waals surface area contributed by atoms with Gasteiger partial charge in [-0.05, 0) is 50.0 Å². The van der Waals surface area contributed by atoms with Gasteiger partial charge in [0, 0.05) is 12.7 Å². The second kappa shape index (κ2) is 5.41. The van der Waals surface area contributed by atoms with Crippen LogP contribution >= 0.6 is 0 Å². The SMILES string of the molecule is COC(c1c(C)cc(C(C)(C)C)cc1C)N(C)C. The summed E-state index contributed by atoms with van der Waals surface area (Å²) in [6.07, 6.45) is 0.0269. The molecule has 102 valence electrons. The lowest BCUT2D eigenvalue weighted by Crippen LogP contribution is -2.24. The third-order valence-corrected chi connectivity index (χ3v) is 3.40. The third kappa shape index (κ3) is 3.12. The maximum absolute atomic E-state index is 5.61. The number of hydrogen-bond acceptors (Lipinski definition) is 2. The van der Waals surface area contributed by atoms with Crippen LogP contribution in [0.5, 0.6) is 0 Å². The first-order chi connectivity index (χ1) is 8.18. The van der Waals surface area contributed by atoms with Crippen molar-refractivity contribution < 1.29 is 4.74 Å². The molecule has 0 amide bonds. The van der Waals surface area contributed by atoms with E-state index in [1.807, 2.05) is 14.1 Å².